The van der Waals surface area contributed by atoms with Crippen LogP contribution in [0.5, 0.6) is 17.2 Å². The van der Waals surface area contributed by atoms with Gasteiger partial charge in [0.25, 0.3) is 0 Å². The Balaban J connectivity index is 1.51. The number of aromatic nitrogens is 3. The summed E-state index contributed by atoms with van der Waals surface area (Å²) in [5.74, 6) is 2.68. The third-order valence-electron chi connectivity index (χ3n) is 5.36. The minimum absolute atomic E-state index is 0.0959. The van der Waals surface area contributed by atoms with Crippen molar-refractivity contribution in [2.24, 2.45) is 7.05 Å². The van der Waals surface area contributed by atoms with E-state index in [4.69, 9.17) is 14.2 Å². The number of hydrogen-bond acceptors (Lipinski definition) is 7. The van der Waals surface area contributed by atoms with E-state index in [0.717, 1.165) is 28.8 Å². The molecule has 0 saturated carbocycles. The molecular weight excluding hydrogens is 428 g/mol. The highest BCUT2D eigenvalue weighted by Gasteiger charge is 2.21. The smallest absolute Gasteiger partial charge is 0.234 e. The van der Waals surface area contributed by atoms with Crippen molar-refractivity contribution in [1.29, 1.82) is 0 Å². The zero-order valence-electron chi connectivity index (χ0n) is 18.6. The average Bonchev–Trinajstić information content (AvgIpc) is 2.99. The number of amides is 1. The number of nitrogens with one attached hydrogen (secondary N) is 1. The van der Waals surface area contributed by atoms with Gasteiger partial charge in [0.05, 0.1) is 31.6 Å². The van der Waals surface area contributed by atoms with Crippen molar-refractivity contribution in [2.45, 2.75) is 25.4 Å². The van der Waals surface area contributed by atoms with Crippen molar-refractivity contribution in [1.82, 2.24) is 14.8 Å². The molecule has 168 valence electrons. The number of benzene rings is 2. The maximum Gasteiger partial charge on any atom is 0.234 e. The molecule has 32 heavy (non-hydrogen) atoms. The third-order valence-corrected chi connectivity index (χ3v) is 6.38. The molecule has 0 unspecified atom stereocenters. The molecule has 1 N–H and O–H groups in total. The first-order valence-corrected chi connectivity index (χ1v) is 11.3. The Labute approximate surface area is 191 Å². The Kier molecular flexibility index (Phi) is 6.55. The first-order valence-electron chi connectivity index (χ1n) is 10.3. The SMILES string of the molecule is COc1cc2c(cc1-c1nnc(SCC(=O)Nc3cccc(C)c3C)n1C)OCCCO2. The van der Waals surface area contributed by atoms with E-state index in [1.165, 1.54) is 11.8 Å². The van der Waals surface area contributed by atoms with E-state index < -0.39 is 0 Å². The van der Waals surface area contributed by atoms with Crippen LogP contribution in [0.4, 0.5) is 5.69 Å². The monoisotopic (exact) mass is 454 g/mol. The summed E-state index contributed by atoms with van der Waals surface area (Å²) in [5.41, 5.74) is 3.77. The topological polar surface area (TPSA) is 87.5 Å². The van der Waals surface area contributed by atoms with Gasteiger partial charge in [-0.2, -0.15) is 0 Å². The molecule has 1 amide bonds. The van der Waals surface area contributed by atoms with Gasteiger partial charge in [-0.1, -0.05) is 23.9 Å². The van der Waals surface area contributed by atoms with Gasteiger partial charge in [0.2, 0.25) is 5.91 Å². The van der Waals surface area contributed by atoms with Crippen LogP contribution >= 0.6 is 11.8 Å². The van der Waals surface area contributed by atoms with Crippen molar-refractivity contribution in [3.05, 3.63) is 41.5 Å². The minimum Gasteiger partial charge on any atom is -0.496 e. The molecule has 4 rings (SSSR count). The predicted molar refractivity (Wildman–Crippen MR) is 124 cm³/mol. The molecule has 0 saturated heterocycles. The molecule has 9 heteroatoms. The summed E-state index contributed by atoms with van der Waals surface area (Å²) >= 11 is 1.33. The fourth-order valence-corrected chi connectivity index (χ4v) is 4.12. The first kappa shape index (κ1) is 22.0. The number of hydrogen-bond donors (Lipinski definition) is 1. The standard InChI is InChI=1S/C23H26N4O4S/c1-14-7-5-8-17(15(14)2)24-21(28)13-32-23-26-25-22(27(23)3)16-11-19-20(12-18(16)29-4)31-10-6-9-30-19/h5,7-8,11-12H,6,9-10,13H2,1-4H3,(H,24,28). The van der Waals surface area contributed by atoms with Gasteiger partial charge in [-0.25, -0.2) is 0 Å². The van der Waals surface area contributed by atoms with E-state index in [9.17, 15) is 4.79 Å². The number of nitrogens with zero attached hydrogens (tertiary/aromatic N) is 3. The van der Waals surface area contributed by atoms with E-state index in [-0.39, 0.29) is 11.7 Å². The second-order valence-electron chi connectivity index (χ2n) is 7.50. The molecule has 0 aliphatic carbocycles. The van der Waals surface area contributed by atoms with Gasteiger partial charge in [-0.3, -0.25) is 4.79 Å². The van der Waals surface area contributed by atoms with E-state index in [0.29, 0.717) is 41.4 Å². The van der Waals surface area contributed by atoms with Crippen molar-refractivity contribution in [3.8, 4) is 28.6 Å². The van der Waals surface area contributed by atoms with Gasteiger partial charge in [0, 0.05) is 25.2 Å². The van der Waals surface area contributed by atoms with Crippen LogP contribution in [-0.2, 0) is 11.8 Å². The van der Waals surface area contributed by atoms with Gasteiger partial charge in [-0.05, 0) is 37.1 Å². The summed E-state index contributed by atoms with van der Waals surface area (Å²) in [5, 5.41) is 12.2. The van der Waals surface area contributed by atoms with Crippen LogP contribution < -0.4 is 19.5 Å². The highest BCUT2D eigenvalue weighted by Crippen LogP contribution is 2.41. The van der Waals surface area contributed by atoms with Crippen LogP contribution in [0.15, 0.2) is 35.5 Å². The number of carbonyl (C=O) groups excluding carboxylic acids is 1. The van der Waals surface area contributed by atoms with Crippen LogP contribution in [0.3, 0.4) is 0 Å². The zero-order valence-corrected chi connectivity index (χ0v) is 19.4. The number of rotatable bonds is 6. The van der Waals surface area contributed by atoms with Gasteiger partial charge in [0.15, 0.2) is 22.5 Å². The molecule has 1 aliphatic heterocycles. The molecule has 0 bridgehead atoms. The molecule has 2 aromatic carbocycles. The first-order chi connectivity index (χ1) is 15.5. The summed E-state index contributed by atoms with van der Waals surface area (Å²) in [6.45, 7) is 5.21. The number of thioether (sulfide) groups is 1. The molecule has 1 aromatic heterocycles. The lowest BCUT2D eigenvalue weighted by atomic mass is 10.1. The number of fused-ring (bicyclic) bond motifs is 1. The Bertz CT molecular complexity index is 1150. The third kappa shape index (κ3) is 4.52. The van der Waals surface area contributed by atoms with Gasteiger partial charge >= 0.3 is 0 Å². The summed E-state index contributed by atoms with van der Waals surface area (Å²) in [6, 6.07) is 9.54. The highest BCUT2D eigenvalue weighted by atomic mass is 32.2. The van der Waals surface area contributed by atoms with Crippen molar-refractivity contribution < 1.29 is 19.0 Å². The summed E-state index contributed by atoms with van der Waals surface area (Å²) < 4.78 is 19.0. The lowest BCUT2D eigenvalue weighted by Crippen LogP contribution is -2.15. The van der Waals surface area contributed by atoms with Crippen LogP contribution in [0.1, 0.15) is 17.5 Å². The van der Waals surface area contributed by atoms with Gasteiger partial charge < -0.3 is 24.1 Å². The Morgan fingerprint density at radius 1 is 1.19 bits per heavy atom. The summed E-state index contributed by atoms with van der Waals surface area (Å²) in [4.78, 5) is 12.5. The maximum absolute atomic E-state index is 12.5. The van der Waals surface area contributed by atoms with Crippen molar-refractivity contribution >= 4 is 23.4 Å². The van der Waals surface area contributed by atoms with E-state index >= 15 is 0 Å². The van der Waals surface area contributed by atoms with E-state index in [2.05, 4.69) is 15.5 Å². The zero-order chi connectivity index (χ0) is 22.7. The fraction of sp³-hybridized carbons (Fsp3) is 0.348. The van der Waals surface area contributed by atoms with Crippen LogP contribution in [0.2, 0.25) is 0 Å². The van der Waals surface area contributed by atoms with E-state index in [1.54, 1.807) is 7.11 Å². The van der Waals surface area contributed by atoms with Gasteiger partial charge in [-0.15, -0.1) is 10.2 Å². The Morgan fingerprint density at radius 2 is 1.94 bits per heavy atom. The molecule has 0 fully saturated rings. The van der Waals surface area contributed by atoms with Gasteiger partial charge in [0.1, 0.15) is 5.75 Å². The van der Waals surface area contributed by atoms with Crippen LogP contribution in [0.25, 0.3) is 11.4 Å². The predicted octanol–water partition coefficient (Wildman–Crippen LogP) is 4.00. The number of carbonyl (C=O) groups is 1. The number of aryl methyl sites for hydroxylation is 1. The minimum atomic E-state index is -0.0959. The molecule has 2 heterocycles. The molecule has 3 aromatic rings. The summed E-state index contributed by atoms with van der Waals surface area (Å²) in [7, 11) is 3.47. The Hall–Kier alpha value is -3.20. The molecule has 1 aliphatic rings. The molecular formula is C23H26N4O4S. The molecule has 0 atom stereocenters. The lowest BCUT2D eigenvalue weighted by molar-refractivity contribution is -0.113. The maximum atomic E-state index is 12.5. The fourth-order valence-electron chi connectivity index (χ4n) is 3.41. The Morgan fingerprint density at radius 3 is 2.69 bits per heavy atom. The second kappa shape index (κ2) is 9.52. The molecule has 8 nitrogen and oxygen atoms in total. The highest BCUT2D eigenvalue weighted by molar-refractivity contribution is 7.99. The average molecular weight is 455 g/mol. The van der Waals surface area contributed by atoms with Crippen molar-refractivity contribution in [2.75, 3.05) is 31.4 Å². The number of anilines is 1. The number of ether oxygens (including phenoxy) is 3. The largest absolute Gasteiger partial charge is 0.496 e. The summed E-state index contributed by atoms with van der Waals surface area (Å²) in [6.07, 6.45) is 0.821. The lowest BCUT2D eigenvalue weighted by Gasteiger charge is -2.13. The second-order valence-corrected chi connectivity index (χ2v) is 8.44. The molecule has 0 radical (unpaired) electrons. The van der Waals surface area contributed by atoms with Crippen molar-refractivity contribution in [3.63, 3.8) is 0 Å². The van der Waals surface area contributed by atoms with Crippen LogP contribution in [-0.4, -0.2) is 46.7 Å². The normalized spacial score (nSPS) is 12.9. The quantitative estimate of drug-likeness (QED) is 0.563. The number of methoxy groups -OCH3 is 1. The molecule has 0 spiro atoms. The van der Waals surface area contributed by atoms with E-state index in [1.807, 2.05) is 55.8 Å². The van der Waals surface area contributed by atoms with Crippen LogP contribution in [0, 0.1) is 13.8 Å².